The van der Waals surface area contributed by atoms with Gasteiger partial charge in [0.25, 0.3) is 0 Å². The van der Waals surface area contributed by atoms with Crippen LogP contribution in [0.3, 0.4) is 0 Å². The van der Waals surface area contributed by atoms with Crippen molar-refractivity contribution < 1.29 is 9.90 Å². The third kappa shape index (κ3) is 2.13. The molecule has 60 valence electrons. The number of carbonyl (C=O) groups is 1. The number of hydrogen-bond donors (Lipinski definition) is 1. The molecule has 0 saturated carbocycles. The lowest BCUT2D eigenvalue weighted by Gasteiger charge is -2.01. The van der Waals surface area contributed by atoms with E-state index in [1.807, 2.05) is 19.1 Å². The summed E-state index contributed by atoms with van der Waals surface area (Å²) >= 11 is 1.53. The van der Waals surface area contributed by atoms with E-state index in [-0.39, 0.29) is 6.42 Å². The van der Waals surface area contributed by atoms with Gasteiger partial charge in [0, 0.05) is 16.2 Å². The number of aldehydes is 1. The summed E-state index contributed by atoms with van der Waals surface area (Å²) in [6.07, 6.45) is 0.325. The second-order valence-corrected chi connectivity index (χ2v) is 3.69. The number of rotatable bonds is 3. The Morgan fingerprint density at radius 1 is 1.73 bits per heavy atom. The van der Waals surface area contributed by atoms with Crippen molar-refractivity contribution in [3.8, 4) is 0 Å². The minimum atomic E-state index is -0.605. The van der Waals surface area contributed by atoms with Gasteiger partial charge in [-0.3, -0.25) is 0 Å². The fourth-order valence-corrected chi connectivity index (χ4v) is 1.72. The third-order valence-corrected chi connectivity index (χ3v) is 2.51. The van der Waals surface area contributed by atoms with E-state index in [1.165, 1.54) is 11.3 Å². The molecule has 1 N–H and O–H groups in total. The van der Waals surface area contributed by atoms with Gasteiger partial charge in [0.05, 0.1) is 6.10 Å². The van der Waals surface area contributed by atoms with Gasteiger partial charge in [0.15, 0.2) is 0 Å². The molecule has 3 heteroatoms. The predicted octanol–water partition coefficient (Wildman–Crippen LogP) is 1.68. The summed E-state index contributed by atoms with van der Waals surface area (Å²) < 4.78 is 0. The van der Waals surface area contributed by atoms with Crippen LogP contribution < -0.4 is 0 Å². The predicted molar refractivity (Wildman–Crippen MR) is 44.7 cm³/mol. The molecule has 1 aromatic heterocycles. The molecule has 11 heavy (non-hydrogen) atoms. The second-order valence-electron chi connectivity index (χ2n) is 2.37. The topological polar surface area (TPSA) is 37.3 Å². The molecule has 0 spiro atoms. The van der Waals surface area contributed by atoms with Crippen LogP contribution in [0.25, 0.3) is 0 Å². The highest BCUT2D eigenvalue weighted by atomic mass is 32.1. The smallest absolute Gasteiger partial charge is 0.122 e. The Labute approximate surface area is 69.5 Å². The van der Waals surface area contributed by atoms with E-state index in [1.54, 1.807) is 0 Å². The molecule has 0 amide bonds. The molecule has 0 aliphatic heterocycles. The van der Waals surface area contributed by atoms with Crippen molar-refractivity contribution in [2.24, 2.45) is 0 Å². The standard InChI is InChI=1S/C8H10O2S/c1-6-2-3-8(11-6)7(10)4-5-9/h2-3,5,7,10H,4H2,1H3. The lowest BCUT2D eigenvalue weighted by Crippen LogP contribution is -1.93. The Balaban J connectivity index is 2.67. The average molecular weight is 170 g/mol. The van der Waals surface area contributed by atoms with Crippen LogP contribution in [-0.2, 0) is 4.79 Å². The van der Waals surface area contributed by atoms with Gasteiger partial charge < -0.3 is 9.90 Å². The van der Waals surface area contributed by atoms with Gasteiger partial charge in [-0.25, -0.2) is 0 Å². The van der Waals surface area contributed by atoms with Gasteiger partial charge in [-0.2, -0.15) is 0 Å². The third-order valence-electron chi connectivity index (χ3n) is 1.41. The normalized spacial score (nSPS) is 12.9. The van der Waals surface area contributed by atoms with Crippen LogP contribution in [0, 0.1) is 6.92 Å². The first-order valence-electron chi connectivity index (χ1n) is 3.42. The maximum atomic E-state index is 10.0. The van der Waals surface area contributed by atoms with Crippen molar-refractivity contribution in [2.75, 3.05) is 0 Å². The van der Waals surface area contributed by atoms with Crippen molar-refractivity contribution in [3.05, 3.63) is 21.9 Å². The van der Waals surface area contributed by atoms with Gasteiger partial charge in [0.2, 0.25) is 0 Å². The molecule has 1 rings (SSSR count). The van der Waals surface area contributed by atoms with Gasteiger partial charge in [-0.15, -0.1) is 11.3 Å². The van der Waals surface area contributed by atoms with Crippen LogP contribution >= 0.6 is 11.3 Å². The first kappa shape index (κ1) is 8.43. The molecule has 0 aliphatic rings. The molecule has 0 fully saturated rings. The largest absolute Gasteiger partial charge is 0.387 e. The van der Waals surface area contributed by atoms with Gasteiger partial charge in [0.1, 0.15) is 6.29 Å². The average Bonchev–Trinajstić information content (AvgIpc) is 2.36. The van der Waals surface area contributed by atoms with E-state index >= 15 is 0 Å². The lowest BCUT2D eigenvalue weighted by molar-refractivity contribution is -0.109. The summed E-state index contributed by atoms with van der Waals surface area (Å²) in [6.45, 7) is 1.97. The number of aliphatic hydroxyl groups is 1. The van der Waals surface area contributed by atoms with Crippen LogP contribution in [0.1, 0.15) is 22.3 Å². The Morgan fingerprint density at radius 3 is 2.91 bits per heavy atom. The quantitative estimate of drug-likeness (QED) is 0.701. The van der Waals surface area contributed by atoms with Crippen molar-refractivity contribution in [1.82, 2.24) is 0 Å². The molecule has 0 saturated heterocycles. The lowest BCUT2D eigenvalue weighted by atomic mass is 10.2. The zero-order chi connectivity index (χ0) is 8.27. The van der Waals surface area contributed by atoms with Crippen LogP contribution in [0.4, 0.5) is 0 Å². The first-order chi connectivity index (χ1) is 5.24. The summed E-state index contributed by atoms with van der Waals surface area (Å²) in [5, 5.41) is 9.31. The van der Waals surface area contributed by atoms with E-state index in [0.29, 0.717) is 0 Å². The molecule has 1 heterocycles. The van der Waals surface area contributed by atoms with Crippen LogP contribution in [0.2, 0.25) is 0 Å². The van der Waals surface area contributed by atoms with Crippen LogP contribution in [0.5, 0.6) is 0 Å². The van der Waals surface area contributed by atoms with E-state index in [2.05, 4.69) is 0 Å². The highest BCUT2D eigenvalue weighted by Gasteiger charge is 2.07. The van der Waals surface area contributed by atoms with Crippen molar-refractivity contribution in [1.29, 1.82) is 0 Å². The Morgan fingerprint density at radius 2 is 2.45 bits per heavy atom. The molecule has 0 aliphatic carbocycles. The van der Waals surface area contributed by atoms with Crippen molar-refractivity contribution in [3.63, 3.8) is 0 Å². The molecular weight excluding hydrogens is 160 g/mol. The first-order valence-corrected chi connectivity index (χ1v) is 4.23. The molecule has 1 aromatic rings. The minimum Gasteiger partial charge on any atom is -0.387 e. The Hall–Kier alpha value is -0.670. The van der Waals surface area contributed by atoms with E-state index in [0.717, 1.165) is 16.0 Å². The number of carbonyl (C=O) groups excluding carboxylic acids is 1. The van der Waals surface area contributed by atoms with E-state index in [4.69, 9.17) is 0 Å². The second kappa shape index (κ2) is 3.64. The van der Waals surface area contributed by atoms with Gasteiger partial charge in [-0.1, -0.05) is 0 Å². The van der Waals surface area contributed by atoms with Crippen LogP contribution in [-0.4, -0.2) is 11.4 Å². The summed E-state index contributed by atoms with van der Waals surface area (Å²) in [5.74, 6) is 0. The van der Waals surface area contributed by atoms with Gasteiger partial charge >= 0.3 is 0 Å². The fourth-order valence-electron chi connectivity index (χ4n) is 0.840. The monoisotopic (exact) mass is 170 g/mol. The highest BCUT2D eigenvalue weighted by Crippen LogP contribution is 2.23. The molecular formula is C8H10O2S. The zero-order valence-corrected chi connectivity index (χ0v) is 7.10. The fraction of sp³-hybridized carbons (Fsp3) is 0.375. The molecule has 1 unspecified atom stereocenters. The molecule has 0 radical (unpaired) electrons. The zero-order valence-electron chi connectivity index (χ0n) is 6.28. The Kier molecular flexibility index (Phi) is 2.79. The summed E-state index contributed by atoms with van der Waals surface area (Å²) in [4.78, 5) is 12.1. The molecule has 0 aromatic carbocycles. The van der Waals surface area contributed by atoms with Crippen molar-refractivity contribution >= 4 is 17.6 Å². The summed E-state index contributed by atoms with van der Waals surface area (Å²) in [7, 11) is 0. The SMILES string of the molecule is Cc1ccc(C(O)CC=O)s1. The highest BCUT2D eigenvalue weighted by molar-refractivity contribution is 7.12. The minimum absolute atomic E-state index is 0.194. The number of aryl methyl sites for hydroxylation is 1. The maximum absolute atomic E-state index is 10.0. The van der Waals surface area contributed by atoms with Gasteiger partial charge in [-0.05, 0) is 19.1 Å². The molecule has 0 bridgehead atoms. The molecule has 1 atom stereocenters. The van der Waals surface area contributed by atoms with E-state index < -0.39 is 6.10 Å². The van der Waals surface area contributed by atoms with Crippen LogP contribution in [0.15, 0.2) is 12.1 Å². The molecule has 2 nitrogen and oxygen atoms in total. The summed E-state index contributed by atoms with van der Waals surface area (Å²) in [5.41, 5.74) is 0. The number of hydrogen-bond acceptors (Lipinski definition) is 3. The van der Waals surface area contributed by atoms with Crippen molar-refractivity contribution in [2.45, 2.75) is 19.4 Å². The summed E-state index contributed by atoms with van der Waals surface area (Å²) in [6, 6.07) is 3.79. The Bertz CT molecular complexity index is 242. The maximum Gasteiger partial charge on any atom is 0.122 e. The van der Waals surface area contributed by atoms with E-state index in [9.17, 15) is 9.90 Å². The number of aliphatic hydroxyl groups excluding tert-OH is 1. The number of thiophene rings is 1.